The van der Waals surface area contributed by atoms with Crippen LogP contribution in [-0.2, 0) is 10.0 Å². The molecule has 0 atom stereocenters. The summed E-state index contributed by atoms with van der Waals surface area (Å²) >= 11 is 5.88. The van der Waals surface area contributed by atoms with Crippen LogP contribution in [0.15, 0.2) is 27.5 Å². The summed E-state index contributed by atoms with van der Waals surface area (Å²) in [5.74, 6) is 0.260. The maximum absolute atomic E-state index is 12.0. The van der Waals surface area contributed by atoms with Crippen molar-refractivity contribution in [1.29, 1.82) is 0 Å². The van der Waals surface area contributed by atoms with Crippen LogP contribution in [0.4, 0.5) is 5.69 Å². The summed E-state index contributed by atoms with van der Waals surface area (Å²) in [4.78, 5) is 0.151. The fourth-order valence-electron chi connectivity index (χ4n) is 1.98. The zero-order valence-electron chi connectivity index (χ0n) is 11.3. The highest BCUT2D eigenvalue weighted by Gasteiger charge is 2.24. The quantitative estimate of drug-likeness (QED) is 0.819. The lowest BCUT2D eigenvalue weighted by Crippen LogP contribution is -2.35. The smallest absolute Gasteiger partial charge is 0.287 e. The molecule has 110 valence electrons. The van der Waals surface area contributed by atoms with Crippen LogP contribution in [0.1, 0.15) is 32.6 Å². The molecule has 0 saturated heterocycles. The van der Waals surface area contributed by atoms with Crippen LogP contribution in [0.3, 0.4) is 0 Å². The maximum atomic E-state index is 12.0. The summed E-state index contributed by atoms with van der Waals surface area (Å²) < 4.78 is 27.8. The summed E-state index contributed by atoms with van der Waals surface area (Å²) in [5, 5.41) is 6.45. The molecule has 1 aromatic carbocycles. The standard InChI is InChI=1S/C13H18ClN3O2S/c1-2-3-4-5-8-15-13-16-11-9-10(14)6-7-12(11)20(18,19)17-13/h6-7,9H,2-5,8H2,1H3,(H2,15,16,17). The number of fused-ring (bicyclic) bond motifs is 1. The van der Waals surface area contributed by atoms with Gasteiger partial charge in [-0.15, -0.1) is 4.40 Å². The van der Waals surface area contributed by atoms with E-state index in [0.29, 0.717) is 17.3 Å². The Morgan fingerprint density at radius 3 is 2.85 bits per heavy atom. The molecule has 1 aromatic rings. The van der Waals surface area contributed by atoms with Crippen LogP contribution in [0.5, 0.6) is 0 Å². The minimum absolute atomic E-state index is 0.151. The van der Waals surface area contributed by atoms with Gasteiger partial charge in [0.2, 0.25) is 5.96 Å². The molecule has 0 bridgehead atoms. The number of nitrogens with zero attached hydrogens (tertiary/aromatic N) is 1. The molecule has 7 heteroatoms. The third-order valence-corrected chi connectivity index (χ3v) is 4.58. The van der Waals surface area contributed by atoms with Gasteiger partial charge in [-0.1, -0.05) is 37.8 Å². The fourth-order valence-corrected chi connectivity index (χ4v) is 3.23. The van der Waals surface area contributed by atoms with Crippen molar-refractivity contribution >= 4 is 33.3 Å². The molecule has 2 rings (SSSR count). The number of sulfonamides is 1. The molecule has 0 fully saturated rings. The molecule has 0 saturated carbocycles. The topological polar surface area (TPSA) is 70.6 Å². The highest BCUT2D eigenvalue weighted by atomic mass is 35.5. The second kappa shape index (κ2) is 6.45. The van der Waals surface area contributed by atoms with Crippen molar-refractivity contribution < 1.29 is 8.42 Å². The van der Waals surface area contributed by atoms with E-state index in [4.69, 9.17) is 11.6 Å². The van der Waals surface area contributed by atoms with Gasteiger partial charge in [-0.2, -0.15) is 8.42 Å². The van der Waals surface area contributed by atoms with Crippen molar-refractivity contribution in [1.82, 2.24) is 5.32 Å². The van der Waals surface area contributed by atoms with Crippen LogP contribution in [0.2, 0.25) is 5.02 Å². The van der Waals surface area contributed by atoms with Gasteiger partial charge < -0.3 is 10.6 Å². The molecule has 0 unspecified atom stereocenters. The van der Waals surface area contributed by atoms with Crippen molar-refractivity contribution in [3.63, 3.8) is 0 Å². The number of anilines is 1. The second-order valence-electron chi connectivity index (χ2n) is 4.67. The number of halogens is 1. The van der Waals surface area contributed by atoms with E-state index in [1.807, 2.05) is 0 Å². The van der Waals surface area contributed by atoms with E-state index in [0.717, 1.165) is 12.8 Å². The molecule has 0 amide bonds. The largest absolute Gasteiger partial charge is 0.355 e. The molecule has 1 aliphatic heterocycles. The third kappa shape index (κ3) is 3.64. The number of unbranched alkanes of at least 4 members (excludes halogenated alkanes) is 3. The van der Waals surface area contributed by atoms with Gasteiger partial charge >= 0.3 is 0 Å². The number of benzene rings is 1. The summed E-state index contributed by atoms with van der Waals surface area (Å²) in [6.07, 6.45) is 4.45. The molecule has 0 aliphatic carbocycles. The molecule has 2 N–H and O–H groups in total. The summed E-state index contributed by atoms with van der Waals surface area (Å²) in [6.45, 7) is 2.84. The van der Waals surface area contributed by atoms with Crippen LogP contribution >= 0.6 is 11.6 Å². The Kier molecular flexibility index (Phi) is 4.88. The van der Waals surface area contributed by atoms with Crippen LogP contribution in [0, 0.1) is 0 Å². The van der Waals surface area contributed by atoms with Gasteiger partial charge in [-0.25, -0.2) is 0 Å². The van der Waals surface area contributed by atoms with Crippen molar-refractivity contribution in [2.24, 2.45) is 4.40 Å². The Balaban J connectivity index is 2.05. The van der Waals surface area contributed by atoms with Crippen molar-refractivity contribution in [3.8, 4) is 0 Å². The predicted octanol–water partition coefficient (Wildman–Crippen LogP) is 2.98. The first-order valence-electron chi connectivity index (χ1n) is 6.68. The highest BCUT2D eigenvalue weighted by Crippen LogP contribution is 2.29. The molecular formula is C13H18ClN3O2S. The summed E-state index contributed by atoms with van der Waals surface area (Å²) in [5.41, 5.74) is 0.462. The Morgan fingerprint density at radius 2 is 2.10 bits per heavy atom. The molecule has 0 aromatic heterocycles. The number of hydrogen-bond acceptors (Lipinski definition) is 4. The summed E-state index contributed by atoms with van der Waals surface area (Å²) in [6, 6.07) is 4.59. The zero-order chi connectivity index (χ0) is 14.6. The normalized spacial score (nSPS) is 16.0. The Bertz CT molecular complexity index is 614. The van der Waals surface area contributed by atoms with Crippen molar-refractivity contribution in [3.05, 3.63) is 23.2 Å². The van der Waals surface area contributed by atoms with E-state index in [9.17, 15) is 8.42 Å². The van der Waals surface area contributed by atoms with E-state index in [1.165, 1.54) is 25.0 Å². The molecule has 1 aliphatic rings. The first kappa shape index (κ1) is 15.1. The first-order valence-corrected chi connectivity index (χ1v) is 8.50. The lowest BCUT2D eigenvalue weighted by Gasteiger charge is -2.19. The minimum Gasteiger partial charge on any atom is -0.355 e. The van der Waals surface area contributed by atoms with Crippen molar-refractivity contribution in [2.45, 2.75) is 37.5 Å². The molecule has 20 heavy (non-hydrogen) atoms. The molecule has 1 heterocycles. The lowest BCUT2D eigenvalue weighted by atomic mass is 10.2. The average Bonchev–Trinajstić information content (AvgIpc) is 2.37. The van der Waals surface area contributed by atoms with E-state index < -0.39 is 10.0 Å². The van der Waals surface area contributed by atoms with Crippen LogP contribution in [0.25, 0.3) is 0 Å². The van der Waals surface area contributed by atoms with Gasteiger partial charge in [0.1, 0.15) is 4.90 Å². The van der Waals surface area contributed by atoms with Gasteiger partial charge in [0, 0.05) is 11.6 Å². The van der Waals surface area contributed by atoms with Crippen LogP contribution < -0.4 is 10.6 Å². The van der Waals surface area contributed by atoms with E-state index in [-0.39, 0.29) is 10.9 Å². The van der Waals surface area contributed by atoms with E-state index in [2.05, 4.69) is 22.0 Å². The first-order chi connectivity index (χ1) is 9.53. The molecular weight excluding hydrogens is 298 g/mol. The summed E-state index contributed by atoms with van der Waals surface area (Å²) in [7, 11) is -3.65. The van der Waals surface area contributed by atoms with E-state index >= 15 is 0 Å². The maximum Gasteiger partial charge on any atom is 0.287 e. The van der Waals surface area contributed by atoms with Crippen LogP contribution in [-0.4, -0.2) is 20.9 Å². The highest BCUT2D eigenvalue weighted by molar-refractivity contribution is 7.90. The minimum atomic E-state index is -3.65. The van der Waals surface area contributed by atoms with Gasteiger partial charge in [0.25, 0.3) is 10.0 Å². The van der Waals surface area contributed by atoms with Gasteiger partial charge in [-0.05, 0) is 24.6 Å². The molecule has 0 radical (unpaired) electrons. The Hall–Kier alpha value is -1.27. The van der Waals surface area contributed by atoms with Gasteiger partial charge in [0.05, 0.1) is 5.69 Å². The Morgan fingerprint density at radius 1 is 1.30 bits per heavy atom. The number of nitrogens with one attached hydrogen (secondary N) is 2. The average molecular weight is 316 g/mol. The fraction of sp³-hybridized carbons (Fsp3) is 0.462. The van der Waals surface area contributed by atoms with E-state index in [1.54, 1.807) is 6.07 Å². The molecule has 5 nitrogen and oxygen atoms in total. The number of hydrogen-bond donors (Lipinski definition) is 2. The number of rotatable bonds is 5. The lowest BCUT2D eigenvalue weighted by molar-refractivity contribution is 0.597. The van der Waals surface area contributed by atoms with Crippen molar-refractivity contribution in [2.75, 3.05) is 11.9 Å². The Labute approximate surface area is 124 Å². The second-order valence-corrected chi connectivity index (χ2v) is 6.68. The molecule has 0 spiro atoms. The van der Waals surface area contributed by atoms with Gasteiger partial charge in [0.15, 0.2) is 0 Å². The third-order valence-electron chi connectivity index (χ3n) is 3.01. The monoisotopic (exact) mass is 315 g/mol. The predicted molar refractivity (Wildman–Crippen MR) is 81.8 cm³/mol. The van der Waals surface area contributed by atoms with Gasteiger partial charge in [-0.3, -0.25) is 0 Å². The number of guanidine groups is 1. The zero-order valence-corrected chi connectivity index (χ0v) is 12.9. The SMILES string of the molecule is CCCCCCNC1=NS(=O)(=O)c2ccc(Cl)cc2N1.